The highest BCUT2D eigenvalue weighted by Gasteiger charge is 2.25. The number of carbonyl (C=O) groups is 2. The summed E-state index contributed by atoms with van der Waals surface area (Å²) in [5.41, 5.74) is -0.542. The Bertz CT molecular complexity index is 626. The number of rotatable bonds is 5. The van der Waals surface area contributed by atoms with Crippen molar-refractivity contribution in [2.45, 2.75) is 26.4 Å². The predicted octanol–water partition coefficient (Wildman–Crippen LogP) is 2.28. The maximum Gasteiger partial charge on any atom is 0.321 e. The van der Waals surface area contributed by atoms with E-state index in [0.29, 0.717) is 5.02 Å². The summed E-state index contributed by atoms with van der Waals surface area (Å²) in [6, 6.07) is 5.87. The van der Waals surface area contributed by atoms with Gasteiger partial charge in [0, 0.05) is 10.6 Å². The van der Waals surface area contributed by atoms with E-state index >= 15 is 0 Å². The standard InChI is InChI=1S/C14H17ClO5S/c1-14(2,3)20-13(17)9-21(18,19)8-12(16)10-4-6-11(15)7-5-10/h4-7H,8-9H2,1-3H3. The molecule has 0 bridgehead atoms. The largest absolute Gasteiger partial charge is 0.459 e. The molecule has 0 spiro atoms. The van der Waals surface area contributed by atoms with Crippen LogP contribution in [0.4, 0.5) is 0 Å². The van der Waals surface area contributed by atoms with Crippen LogP contribution in [0.1, 0.15) is 31.1 Å². The van der Waals surface area contributed by atoms with Gasteiger partial charge in [-0.1, -0.05) is 11.6 Å². The van der Waals surface area contributed by atoms with E-state index in [1.165, 1.54) is 24.3 Å². The fourth-order valence-corrected chi connectivity index (χ4v) is 2.73. The second kappa shape index (κ2) is 6.58. The minimum absolute atomic E-state index is 0.229. The first kappa shape index (κ1) is 17.7. The second-order valence-electron chi connectivity index (χ2n) is 5.55. The minimum Gasteiger partial charge on any atom is -0.459 e. The van der Waals surface area contributed by atoms with Crippen LogP contribution in [0, 0.1) is 0 Å². The summed E-state index contributed by atoms with van der Waals surface area (Å²) in [7, 11) is -3.87. The van der Waals surface area contributed by atoms with Crippen molar-refractivity contribution < 1.29 is 22.7 Å². The molecule has 0 aliphatic rings. The molecule has 0 aliphatic carbocycles. The Hall–Kier alpha value is -1.40. The highest BCUT2D eigenvalue weighted by molar-refractivity contribution is 7.92. The van der Waals surface area contributed by atoms with Crippen LogP contribution in [0.3, 0.4) is 0 Å². The number of hydrogen-bond donors (Lipinski definition) is 0. The maximum atomic E-state index is 11.9. The first-order chi connectivity index (χ1) is 9.48. The topological polar surface area (TPSA) is 77.5 Å². The van der Waals surface area contributed by atoms with E-state index in [-0.39, 0.29) is 5.56 Å². The fourth-order valence-electron chi connectivity index (χ4n) is 1.52. The average Bonchev–Trinajstić information content (AvgIpc) is 2.24. The third kappa shape index (κ3) is 6.73. The van der Waals surface area contributed by atoms with Gasteiger partial charge in [-0.15, -0.1) is 0 Å². The quantitative estimate of drug-likeness (QED) is 0.610. The Kier molecular flexibility index (Phi) is 5.53. The molecule has 116 valence electrons. The van der Waals surface area contributed by atoms with Gasteiger partial charge in [0.15, 0.2) is 15.6 Å². The van der Waals surface area contributed by atoms with Gasteiger partial charge in [-0.3, -0.25) is 9.59 Å². The molecule has 0 aromatic heterocycles. The monoisotopic (exact) mass is 332 g/mol. The van der Waals surface area contributed by atoms with Crippen molar-refractivity contribution in [1.82, 2.24) is 0 Å². The molecular formula is C14H17ClO5S. The molecule has 7 heteroatoms. The molecule has 0 radical (unpaired) electrons. The van der Waals surface area contributed by atoms with Crippen LogP contribution in [0.15, 0.2) is 24.3 Å². The molecule has 0 amide bonds. The zero-order valence-corrected chi connectivity index (χ0v) is 13.6. The molecule has 0 atom stereocenters. The van der Waals surface area contributed by atoms with Crippen molar-refractivity contribution in [1.29, 1.82) is 0 Å². The first-order valence-electron chi connectivity index (χ1n) is 6.19. The Morgan fingerprint density at radius 1 is 1.10 bits per heavy atom. The second-order valence-corrected chi connectivity index (χ2v) is 8.05. The molecule has 0 N–H and O–H groups in total. The molecule has 0 heterocycles. The van der Waals surface area contributed by atoms with Crippen molar-refractivity contribution >= 4 is 33.2 Å². The van der Waals surface area contributed by atoms with Crippen LogP contribution in [-0.2, 0) is 19.4 Å². The summed E-state index contributed by atoms with van der Waals surface area (Å²) in [5, 5.41) is 0.447. The highest BCUT2D eigenvalue weighted by Crippen LogP contribution is 2.12. The molecule has 21 heavy (non-hydrogen) atoms. The molecule has 0 saturated carbocycles. The summed E-state index contributed by atoms with van der Waals surface area (Å²) in [4.78, 5) is 23.4. The number of ketones is 1. The van der Waals surface area contributed by atoms with E-state index < -0.39 is 38.7 Å². The van der Waals surface area contributed by atoms with E-state index in [0.717, 1.165) is 0 Å². The number of hydrogen-bond acceptors (Lipinski definition) is 5. The van der Waals surface area contributed by atoms with Crippen molar-refractivity contribution in [3.63, 3.8) is 0 Å². The van der Waals surface area contributed by atoms with Gasteiger partial charge in [0.2, 0.25) is 0 Å². The van der Waals surface area contributed by atoms with Gasteiger partial charge in [-0.2, -0.15) is 0 Å². The van der Waals surface area contributed by atoms with E-state index in [4.69, 9.17) is 16.3 Å². The summed E-state index contributed by atoms with van der Waals surface area (Å²) >= 11 is 5.69. The van der Waals surface area contributed by atoms with Crippen LogP contribution in [-0.4, -0.2) is 37.3 Å². The summed E-state index contributed by atoms with van der Waals surface area (Å²) in [6.07, 6.45) is 0. The fraction of sp³-hybridized carbons (Fsp3) is 0.429. The van der Waals surface area contributed by atoms with Crippen molar-refractivity contribution in [2.24, 2.45) is 0 Å². The number of Topliss-reactive ketones (excluding diaryl/α,β-unsaturated/α-hetero) is 1. The smallest absolute Gasteiger partial charge is 0.321 e. The molecule has 0 aliphatic heterocycles. The van der Waals surface area contributed by atoms with Gasteiger partial charge in [0.1, 0.15) is 17.1 Å². The minimum atomic E-state index is -3.87. The predicted molar refractivity (Wildman–Crippen MR) is 80.3 cm³/mol. The van der Waals surface area contributed by atoms with Crippen molar-refractivity contribution in [2.75, 3.05) is 11.5 Å². The lowest BCUT2D eigenvalue weighted by Crippen LogP contribution is -2.30. The van der Waals surface area contributed by atoms with Gasteiger partial charge in [0.05, 0.1) is 0 Å². The van der Waals surface area contributed by atoms with Crippen LogP contribution >= 0.6 is 11.6 Å². The maximum absolute atomic E-state index is 11.9. The molecule has 1 rings (SSSR count). The van der Waals surface area contributed by atoms with E-state index in [1.807, 2.05) is 0 Å². The Balaban J connectivity index is 2.70. The third-order valence-corrected chi connectivity index (χ3v) is 3.90. The lowest BCUT2D eigenvalue weighted by molar-refractivity contribution is -0.151. The van der Waals surface area contributed by atoms with Crippen LogP contribution in [0.2, 0.25) is 5.02 Å². The van der Waals surface area contributed by atoms with E-state index in [2.05, 4.69) is 0 Å². The average molecular weight is 333 g/mol. The van der Waals surface area contributed by atoms with Gasteiger partial charge in [-0.25, -0.2) is 8.42 Å². The molecule has 0 unspecified atom stereocenters. The summed E-state index contributed by atoms with van der Waals surface area (Å²) < 4.78 is 28.6. The van der Waals surface area contributed by atoms with Gasteiger partial charge in [0.25, 0.3) is 0 Å². The van der Waals surface area contributed by atoms with E-state index in [1.54, 1.807) is 20.8 Å². The van der Waals surface area contributed by atoms with Crippen molar-refractivity contribution in [3.8, 4) is 0 Å². The Morgan fingerprint density at radius 3 is 2.10 bits per heavy atom. The Morgan fingerprint density at radius 2 is 1.62 bits per heavy atom. The number of benzene rings is 1. The molecular weight excluding hydrogens is 316 g/mol. The van der Waals surface area contributed by atoms with Crippen LogP contribution < -0.4 is 0 Å². The zero-order valence-electron chi connectivity index (χ0n) is 12.1. The molecule has 0 saturated heterocycles. The molecule has 1 aromatic carbocycles. The molecule has 1 aromatic rings. The number of sulfone groups is 1. The van der Waals surface area contributed by atoms with Gasteiger partial charge >= 0.3 is 5.97 Å². The SMILES string of the molecule is CC(C)(C)OC(=O)CS(=O)(=O)CC(=O)c1ccc(Cl)cc1. The van der Waals surface area contributed by atoms with Gasteiger partial charge < -0.3 is 4.74 Å². The highest BCUT2D eigenvalue weighted by atomic mass is 35.5. The van der Waals surface area contributed by atoms with E-state index in [9.17, 15) is 18.0 Å². The normalized spacial score (nSPS) is 12.0. The lowest BCUT2D eigenvalue weighted by atomic mass is 10.1. The van der Waals surface area contributed by atoms with Crippen LogP contribution in [0.5, 0.6) is 0 Å². The van der Waals surface area contributed by atoms with Crippen LogP contribution in [0.25, 0.3) is 0 Å². The first-order valence-corrected chi connectivity index (χ1v) is 8.39. The molecule has 0 fully saturated rings. The number of ether oxygens (including phenoxy) is 1. The number of carbonyl (C=O) groups excluding carboxylic acids is 2. The summed E-state index contributed by atoms with van der Waals surface area (Å²) in [5.74, 6) is -3.01. The van der Waals surface area contributed by atoms with Crippen molar-refractivity contribution in [3.05, 3.63) is 34.9 Å². The lowest BCUT2D eigenvalue weighted by Gasteiger charge is -2.19. The molecule has 5 nitrogen and oxygen atoms in total. The zero-order chi connectivity index (χ0) is 16.3. The third-order valence-electron chi connectivity index (χ3n) is 2.27. The number of halogens is 1. The van der Waals surface area contributed by atoms with Gasteiger partial charge in [-0.05, 0) is 45.0 Å². The Labute approximate surface area is 129 Å². The number of esters is 1. The summed E-state index contributed by atoms with van der Waals surface area (Å²) in [6.45, 7) is 4.91.